The fourth-order valence-electron chi connectivity index (χ4n) is 1.46. The van der Waals surface area contributed by atoms with Gasteiger partial charge < -0.3 is 10.8 Å². The Labute approximate surface area is 80.2 Å². The molecule has 0 unspecified atom stereocenters. The number of para-hydroxylation sites is 1. The monoisotopic (exact) mass is 177 g/mol. The first-order valence-electron chi connectivity index (χ1n) is 4.76. The van der Waals surface area contributed by atoms with Crippen LogP contribution in [0.4, 0.5) is 5.69 Å². The van der Waals surface area contributed by atoms with E-state index < -0.39 is 0 Å². The molecule has 1 aromatic carbocycles. The van der Waals surface area contributed by atoms with E-state index in [4.69, 9.17) is 10.8 Å². The highest BCUT2D eigenvalue weighted by molar-refractivity contribution is 6.08. The number of hydrogen-bond donors (Lipinski definition) is 2. The van der Waals surface area contributed by atoms with Crippen LogP contribution in [0.15, 0.2) is 18.2 Å². The molecule has 0 aromatic heterocycles. The summed E-state index contributed by atoms with van der Waals surface area (Å²) in [5.41, 5.74) is 9.22. The topological polar surface area (TPSA) is 46.2 Å². The standard InChI is InChI=1S/C10H16BNO/c11-7-9-4-1-3-8(10(9)12)5-2-6-13/h1,3-4,13H,2,5-7,11-12H2. The van der Waals surface area contributed by atoms with Gasteiger partial charge in [-0.15, -0.1) is 0 Å². The minimum atomic E-state index is 0.232. The van der Waals surface area contributed by atoms with Crippen LogP contribution < -0.4 is 5.73 Å². The number of nitrogen functional groups attached to an aromatic ring is 1. The molecule has 3 N–H and O–H groups in total. The normalized spacial score (nSPS) is 10.2. The van der Waals surface area contributed by atoms with E-state index in [0.717, 1.165) is 30.4 Å². The first-order chi connectivity index (χ1) is 6.29. The summed E-state index contributed by atoms with van der Waals surface area (Å²) in [6.07, 6.45) is 2.63. The smallest absolute Gasteiger partial charge is 0.107 e. The largest absolute Gasteiger partial charge is 0.398 e. The second-order valence-electron chi connectivity index (χ2n) is 3.17. The predicted octanol–water partition coefficient (Wildman–Crippen LogP) is 0.327. The molecule has 0 atom stereocenters. The van der Waals surface area contributed by atoms with E-state index in [2.05, 4.69) is 13.9 Å². The van der Waals surface area contributed by atoms with E-state index in [0.29, 0.717) is 0 Å². The SMILES string of the molecule is BCc1cccc(CCCO)c1N. The molecule has 0 spiro atoms. The van der Waals surface area contributed by atoms with E-state index in [1.165, 1.54) is 5.56 Å². The molecular weight excluding hydrogens is 161 g/mol. The molecule has 0 aliphatic heterocycles. The van der Waals surface area contributed by atoms with E-state index >= 15 is 0 Å². The van der Waals surface area contributed by atoms with E-state index in [1.54, 1.807) is 0 Å². The van der Waals surface area contributed by atoms with Crippen molar-refractivity contribution in [2.45, 2.75) is 19.2 Å². The van der Waals surface area contributed by atoms with Crippen molar-refractivity contribution in [1.82, 2.24) is 0 Å². The number of hydrogen-bond acceptors (Lipinski definition) is 2. The van der Waals surface area contributed by atoms with Gasteiger partial charge in [0.15, 0.2) is 0 Å². The number of anilines is 1. The number of aliphatic hydroxyl groups is 1. The summed E-state index contributed by atoms with van der Waals surface area (Å²) in [5, 5.41) is 8.70. The van der Waals surface area contributed by atoms with Crippen LogP contribution in [0.5, 0.6) is 0 Å². The average Bonchev–Trinajstić information content (AvgIpc) is 2.16. The average molecular weight is 177 g/mol. The third-order valence-corrected chi connectivity index (χ3v) is 2.27. The maximum absolute atomic E-state index is 8.70. The fraction of sp³-hybridized carbons (Fsp3) is 0.400. The molecule has 0 heterocycles. The van der Waals surface area contributed by atoms with Crippen molar-refractivity contribution in [3.63, 3.8) is 0 Å². The number of nitrogens with two attached hydrogens (primary N) is 1. The second kappa shape index (κ2) is 4.92. The zero-order valence-corrected chi connectivity index (χ0v) is 8.09. The van der Waals surface area contributed by atoms with Crippen LogP contribution in [0.1, 0.15) is 17.5 Å². The van der Waals surface area contributed by atoms with Gasteiger partial charge in [-0.1, -0.05) is 24.5 Å². The predicted molar refractivity (Wildman–Crippen MR) is 58.5 cm³/mol. The molecule has 3 heteroatoms. The van der Waals surface area contributed by atoms with Crippen LogP contribution >= 0.6 is 0 Å². The van der Waals surface area contributed by atoms with Gasteiger partial charge in [0.1, 0.15) is 7.85 Å². The Morgan fingerprint density at radius 2 is 2.00 bits per heavy atom. The van der Waals surface area contributed by atoms with Gasteiger partial charge in [-0.2, -0.15) is 0 Å². The highest BCUT2D eigenvalue weighted by atomic mass is 16.2. The van der Waals surface area contributed by atoms with Crippen molar-refractivity contribution >= 4 is 13.5 Å². The summed E-state index contributed by atoms with van der Waals surface area (Å²) >= 11 is 0. The van der Waals surface area contributed by atoms with Crippen molar-refractivity contribution in [2.75, 3.05) is 12.3 Å². The highest BCUT2D eigenvalue weighted by Crippen LogP contribution is 2.18. The Hall–Kier alpha value is -0.955. The van der Waals surface area contributed by atoms with E-state index in [-0.39, 0.29) is 6.61 Å². The second-order valence-corrected chi connectivity index (χ2v) is 3.17. The summed E-state index contributed by atoms with van der Waals surface area (Å²) < 4.78 is 0. The Morgan fingerprint density at radius 1 is 1.31 bits per heavy atom. The van der Waals surface area contributed by atoms with Crippen molar-refractivity contribution in [3.05, 3.63) is 29.3 Å². The zero-order valence-electron chi connectivity index (χ0n) is 8.09. The summed E-state index contributed by atoms with van der Waals surface area (Å²) in [4.78, 5) is 0. The van der Waals surface area contributed by atoms with Crippen LogP contribution in [0.3, 0.4) is 0 Å². The zero-order chi connectivity index (χ0) is 9.68. The van der Waals surface area contributed by atoms with Gasteiger partial charge in [0.25, 0.3) is 0 Å². The van der Waals surface area contributed by atoms with Gasteiger partial charge in [0.2, 0.25) is 0 Å². The van der Waals surface area contributed by atoms with Crippen LogP contribution in [-0.4, -0.2) is 19.6 Å². The van der Waals surface area contributed by atoms with Crippen LogP contribution in [-0.2, 0) is 12.7 Å². The van der Waals surface area contributed by atoms with Crippen molar-refractivity contribution < 1.29 is 5.11 Å². The van der Waals surface area contributed by atoms with Gasteiger partial charge >= 0.3 is 0 Å². The first kappa shape index (κ1) is 10.1. The summed E-state index contributed by atoms with van der Waals surface area (Å²) in [5.74, 6) is 0. The first-order valence-corrected chi connectivity index (χ1v) is 4.76. The molecule has 0 saturated heterocycles. The third kappa shape index (κ3) is 2.49. The molecule has 0 saturated carbocycles. The lowest BCUT2D eigenvalue weighted by atomic mass is 9.93. The minimum absolute atomic E-state index is 0.232. The third-order valence-electron chi connectivity index (χ3n) is 2.27. The molecule has 0 fully saturated rings. The Kier molecular flexibility index (Phi) is 3.84. The van der Waals surface area contributed by atoms with E-state index in [1.807, 2.05) is 12.1 Å². The quantitative estimate of drug-likeness (QED) is 0.514. The molecule has 1 rings (SSSR count). The fourth-order valence-corrected chi connectivity index (χ4v) is 1.46. The van der Waals surface area contributed by atoms with Gasteiger partial charge in [-0.25, -0.2) is 0 Å². The van der Waals surface area contributed by atoms with Crippen LogP contribution in [0.2, 0.25) is 0 Å². The van der Waals surface area contributed by atoms with Gasteiger partial charge in [0, 0.05) is 12.3 Å². The van der Waals surface area contributed by atoms with Crippen LogP contribution in [0.25, 0.3) is 0 Å². The molecule has 13 heavy (non-hydrogen) atoms. The Morgan fingerprint density at radius 3 is 2.62 bits per heavy atom. The molecule has 2 nitrogen and oxygen atoms in total. The molecule has 0 aliphatic carbocycles. The van der Waals surface area contributed by atoms with Crippen molar-refractivity contribution in [2.24, 2.45) is 0 Å². The highest BCUT2D eigenvalue weighted by Gasteiger charge is 2.02. The summed E-state index contributed by atoms with van der Waals surface area (Å²) in [7, 11) is 2.10. The van der Waals surface area contributed by atoms with Gasteiger partial charge in [-0.05, 0) is 24.0 Å². The molecule has 70 valence electrons. The lowest BCUT2D eigenvalue weighted by Crippen LogP contribution is -2.01. The van der Waals surface area contributed by atoms with Crippen molar-refractivity contribution in [3.8, 4) is 0 Å². The van der Waals surface area contributed by atoms with E-state index in [9.17, 15) is 0 Å². The molecular formula is C10H16BNO. The summed E-state index contributed by atoms with van der Waals surface area (Å²) in [6.45, 7) is 0.232. The molecule has 0 aliphatic rings. The van der Waals surface area contributed by atoms with Gasteiger partial charge in [-0.3, -0.25) is 0 Å². The lowest BCUT2D eigenvalue weighted by molar-refractivity contribution is 0.288. The van der Waals surface area contributed by atoms with Crippen molar-refractivity contribution in [1.29, 1.82) is 0 Å². The molecule has 0 bridgehead atoms. The lowest BCUT2D eigenvalue weighted by Gasteiger charge is -2.08. The maximum atomic E-state index is 8.70. The maximum Gasteiger partial charge on any atom is 0.107 e. The number of rotatable bonds is 4. The number of aryl methyl sites for hydroxylation is 1. The minimum Gasteiger partial charge on any atom is -0.398 e. The molecule has 0 amide bonds. The van der Waals surface area contributed by atoms with Crippen LogP contribution in [0, 0.1) is 0 Å². The molecule has 1 aromatic rings. The molecule has 0 radical (unpaired) electrons. The number of benzene rings is 1. The number of aliphatic hydroxyl groups excluding tert-OH is 1. The van der Waals surface area contributed by atoms with Gasteiger partial charge in [0.05, 0.1) is 0 Å². The summed E-state index contributed by atoms with van der Waals surface area (Å²) in [6, 6.07) is 6.11. The Bertz CT molecular complexity index is 276. The Balaban J connectivity index is 2.81.